The molecule has 15 heteroatoms. The second kappa shape index (κ2) is 15.9. The van der Waals surface area contributed by atoms with Gasteiger partial charge in [0.15, 0.2) is 18.0 Å². The van der Waals surface area contributed by atoms with Gasteiger partial charge in [0, 0.05) is 29.9 Å². The lowest BCUT2D eigenvalue weighted by atomic mass is 9.83. The summed E-state index contributed by atoms with van der Waals surface area (Å²) < 4.78 is 12.1. The third-order valence-corrected chi connectivity index (χ3v) is 9.79. The fourth-order valence-corrected chi connectivity index (χ4v) is 6.66. The van der Waals surface area contributed by atoms with E-state index in [0.717, 1.165) is 5.56 Å². The second-order valence-electron chi connectivity index (χ2n) is 13.2. The molecule has 8 atom stereocenters. The number of fused-ring (bicyclic) bond motifs is 1. The van der Waals surface area contributed by atoms with E-state index < -0.39 is 54.0 Å². The molecule has 6 rings (SSSR count). The predicted molar refractivity (Wildman–Crippen MR) is 190 cm³/mol. The molecule has 0 bridgehead atoms. The van der Waals surface area contributed by atoms with E-state index in [0.29, 0.717) is 46.9 Å². The highest BCUT2D eigenvalue weighted by atomic mass is 16.6. The Bertz CT molecular complexity index is 1920. The van der Waals surface area contributed by atoms with Crippen molar-refractivity contribution in [3.8, 4) is 5.75 Å². The molecule has 0 saturated carbocycles. The molecule has 1 aromatic heterocycles. The van der Waals surface area contributed by atoms with Gasteiger partial charge in [-0.25, -0.2) is 0 Å². The largest absolute Gasteiger partial charge is 0.497 e. The van der Waals surface area contributed by atoms with E-state index >= 15 is 0 Å². The van der Waals surface area contributed by atoms with Crippen LogP contribution in [0.15, 0.2) is 91.1 Å². The molecule has 0 radical (unpaired) electrons. The number of hydrogen-bond acceptors (Lipinski definition) is 12. The van der Waals surface area contributed by atoms with E-state index in [-0.39, 0.29) is 19.1 Å². The molecule has 53 heavy (non-hydrogen) atoms. The Kier molecular flexibility index (Phi) is 11.3. The van der Waals surface area contributed by atoms with Gasteiger partial charge in [0.1, 0.15) is 24.1 Å². The van der Waals surface area contributed by atoms with Crippen LogP contribution in [0.4, 0.5) is 11.4 Å². The number of hydrogen-bond donors (Lipinski definition) is 7. The summed E-state index contributed by atoms with van der Waals surface area (Å²) in [7, 11) is 1.51. The van der Waals surface area contributed by atoms with Gasteiger partial charge in [-0.3, -0.25) is 14.3 Å². The van der Waals surface area contributed by atoms with E-state index in [4.69, 9.17) is 9.47 Å². The van der Waals surface area contributed by atoms with Gasteiger partial charge >= 0.3 is 0 Å². The van der Waals surface area contributed by atoms with Crippen molar-refractivity contribution in [1.82, 2.24) is 15.0 Å². The zero-order chi connectivity index (χ0) is 37.9. The average Bonchev–Trinajstić information content (AvgIpc) is 3.72. The molecule has 3 heterocycles. The van der Waals surface area contributed by atoms with Gasteiger partial charge in [-0.2, -0.15) is 0 Å². The lowest BCUT2D eigenvalue weighted by molar-refractivity contribution is -0.274. The first kappa shape index (κ1) is 37.7. The third kappa shape index (κ3) is 7.59. The van der Waals surface area contributed by atoms with Crippen LogP contribution in [0.1, 0.15) is 41.6 Å². The minimum atomic E-state index is -1.90. The van der Waals surface area contributed by atoms with Gasteiger partial charge in [0.05, 0.1) is 37.6 Å². The van der Waals surface area contributed by atoms with Gasteiger partial charge in [-0.15, -0.1) is 5.10 Å². The number of aliphatic hydroxyl groups is 6. The monoisotopic (exact) mass is 729 g/mol. The maximum Gasteiger partial charge on any atom is 0.264 e. The average molecular weight is 730 g/mol. The van der Waals surface area contributed by atoms with Crippen molar-refractivity contribution >= 4 is 23.2 Å². The summed E-state index contributed by atoms with van der Waals surface area (Å²) in [6.45, 7) is 2.25. The number of aromatic nitrogens is 3. The molecule has 0 spiro atoms. The lowest BCUT2D eigenvalue weighted by Crippen LogP contribution is -2.60. The fourth-order valence-electron chi connectivity index (χ4n) is 6.66. The van der Waals surface area contributed by atoms with Crippen molar-refractivity contribution in [2.75, 3.05) is 23.9 Å². The molecule has 1 saturated heterocycles. The van der Waals surface area contributed by atoms with E-state index in [2.05, 4.69) is 15.6 Å². The van der Waals surface area contributed by atoms with Crippen LogP contribution in [-0.4, -0.2) is 102 Å². The number of allylic oxidation sites excluding steroid dienone is 1. The minimum Gasteiger partial charge on any atom is -0.497 e. The number of anilines is 2. The number of carbonyl (C=O) groups is 2. The molecule has 3 aromatic carbocycles. The van der Waals surface area contributed by atoms with Gasteiger partial charge in [-0.05, 0) is 47.9 Å². The van der Waals surface area contributed by atoms with Crippen molar-refractivity contribution in [2.45, 2.75) is 68.7 Å². The summed E-state index contributed by atoms with van der Waals surface area (Å²) in [5.74, 6) is -1.81. The molecule has 2 aliphatic rings. The first-order chi connectivity index (χ1) is 25.5. The molecule has 280 valence electrons. The SMILES string of the molecule is COc1ccc2c(c1)[C@](O)([C@@H](C)/C=C/CCn1cc(C(CO)c3ccccc3)nn1)C(=O)N2Cc1ccc(NC(=O)[C@H]2O[C@@H](O)[C@H](O)[C@@H](O)[C@@H]2O)cc1. The molecule has 2 amide bonds. The highest BCUT2D eigenvalue weighted by Gasteiger charge is 2.53. The van der Waals surface area contributed by atoms with Crippen LogP contribution in [0.5, 0.6) is 5.75 Å². The molecule has 1 fully saturated rings. The molecule has 2 aliphatic heterocycles. The standard InChI is InChI=1S/C38H43N5O10/c1-22(8-6-7-17-42-20-29(40-41-42)27(21-44)24-9-4-3-5-10-24)38(51)28-18-26(52-2)15-16-30(28)43(37(38)50)19-23-11-13-25(14-12-23)39-35(48)34-32(46)31(45)33(47)36(49)53-34/h3-6,8-16,18,20,22,27,31-34,36,44-47,49,51H,7,17,19,21H2,1-2H3,(H,39,48)/b8-6+/t22-,27?,31-,32-,33+,34-,36+,38+/m0/s1. The van der Waals surface area contributed by atoms with Gasteiger partial charge in [0.25, 0.3) is 11.8 Å². The Labute approximate surface area is 305 Å². The Morgan fingerprint density at radius 1 is 1.04 bits per heavy atom. The summed E-state index contributed by atoms with van der Waals surface area (Å²) in [6, 6.07) is 21.2. The lowest BCUT2D eigenvalue weighted by Gasteiger charge is -2.37. The van der Waals surface area contributed by atoms with Crippen LogP contribution < -0.4 is 15.0 Å². The Morgan fingerprint density at radius 3 is 2.47 bits per heavy atom. The highest BCUT2D eigenvalue weighted by molar-refractivity contribution is 6.07. The van der Waals surface area contributed by atoms with Crippen LogP contribution in [-0.2, 0) is 33.0 Å². The van der Waals surface area contributed by atoms with E-state index in [9.17, 15) is 40.2 Å². The van der Waals surface area contributed by atoms with Crippen LogP contribution in [0.25, 0.3) is 0 Å². The molecule has 0 aliphatic carbocycles. The zero-order valence-electron chi connectivity index (χ0n) is 29.1. The van der Waals surface area contributed by atoms with E-state index in [1.54, 1.807) is 66.3 Å². The number of nitrogens with zero attached hydrogens (tertiary/aromatic N) is 4. The smallest absolute Gasteiger partial charge is 0.264 e. The topological polar surface area (TPSA) is 220 Å². The summed E-state index contributed by atoms with van der Waals surface area (Å²) >= 11 is 0. The number of nitrogens with one attached hydrogen (secondary N) is 1. The Hall–Kier alpha value is -5.00. The number of carbonyl (C=O) groups excluding carboxylic acids is 2. The van der Waals surface area contributed by atoms with Crippen molar-refractivity contribution < 1.29 is 49.7 Å². The Morgan fingerprint density at radius 2 is 1.77 bits per heavy atom. The van der Waals surface area contributed by atoms with Gasteiger partial charge in [0.2, 0.25) is 0 Å². The normalized spacial score (nSPS) is 25.3. The predicted octanol–water partition coefficient (Wildman–Crippen LogP) is 1.17. The van der Waals surface area contributed by atoms with Crippen LogP contribution in [0, 0.1) is 5.92 Å². The maximum absolute atomic E-state index is 14.1. The van der Waals surface area contributed by atoms with E-state index in [1.807, 2.05) is 36.4 Å². The molecule has 1 unspecified atom stereocenters. The van der Waals surface area contributed by atoms with Gasteiger partial charge in [-0.1, -0.05) is 66.8 Å². The van der Waals surface area contributed by atoms with Gasteiger partial charge < -0.3 is 50.3 Å². The highest BCUT2D eigenvalue weighted by Crippen LogP contribution is 2.47. The molecular formula is C38H43N5O10. The first-order valence-electron chi connectivity index (χ1n) is 17.2. The number of amides is 2. The quantitative estimate of drug-likeness (QED) is 0.0965. The zero-order valence-corrected chi connectivity index (χ0v) is 29.1. The fraction of sp³-hybridized carbons (Fsp3) is 0.368. The van der Waals surface area contributed by atoms with Crippen molar-refractivity contribution in [3.63, 3.8) is 0 Å². The van der Waals surface area contributed by atoms with Crippen molar-refractivity contribution in [3.05, 3.63) is 114 Å². The molecule has 4 aromatic rings. The number of rotatable bonds is 13. The summed E-state index contributed by atoms with van der Waals surface area (Å²) in [5.41, 5.74) is 1.61. The number of benzene rings is 3. The summed E-state index contributed by atoms with van der Waals surface area (Å²) in [5, 5.41) is 72.7. The molecule has 7 N–H and O–H groups in total. The van der Waals surface area contributed by atoms with Crippen molar-refractivity contribution in [1.29, 1.82) is 0 Å². The number of aliphatic hydroxyl groups excluding tert-OH is 5. The summed E-state index contributed by atoms with van der Waals surface area (Å²) in [4.78, 5) is 28.3. The van der Waals surface area contributed by atoms with Crippen molar-refractivity contribution in [2.24, 2.45) is 5.92 Å². The Balaban J connectivity index is 1.12. The second-order valence-corrected chi connectivity index (χ2v) is 13.2. The maximum atomic E-state index is 14.1. The minimum absolute atomic E-state index is 0.0955. The molecule has 15 nitrogen and oxygen atoms in total. The van der Waals surface area contributed by atoms with E-state index in [1.165, 1.54) is 12.0 Å². The number of methoxy groups -OCH3 is 1. The molecular weight excluding hydrogens is 686 g/mol. The third-order valence-electron chi connectivity index (χ3n) is 9.79. The number of aryl methyl sites for hydroxylation is 1. The van der Waals surface area contributed by atoms with Crippen LogP contribution >= 0.6 is 0 Å². The van der Waals surface area contributed by atoms with Crippen LogP contribution in [0.3, 0.4) is 0 Å². The van der Waals surface area contributed by atoms with Crippen LogP contribution in [0.2, 0.25) is 0 Å². The number of ether oxygens (including phenoxy) is 2. The summed E-state index contributed by atoms with van der Waals surface area (Å²) in [6.07, 6.45) is -2.78. The first-order valence-corrected chi connectivity index (χ1v) is 17.2.